The SMILES string of the molecule is Cc1cc(C)cc(NC(=O)c2cc3c(s2)-c2cc(C)ccc2SC3)c1. The van der Waals surface area contributed by atoms with Crippen LogP contribution in [0.25, 0.3) is 10.4 Å². The van der Waals surface area contributed by atoms with Gasteiger partial charge in [-0.25, -0.2) is 0 Å². The van der Waals surface area contributed by atoms with Crippen LogP contribution in [0.5, 0.6) is 0 Å². The van der Waals surface area contributed by atoms with Gasteiger partial charge in [0.2, 0.25) is 0 Å². The second kappa shape index (κ2) is 6.36. The molecule has 4 rings (SSSR count). The number of carbonyl (C=O) groups is 1. The topological polar surface area (TPSA) is 29.1 Å². The van der Waals surface area contributed by atoms with E-state index in [2.05, 4.69) is 42.6 Å². The van der Waals surface area contributed by atoms with Crippen molar-refractivity contribution in [2.24, 2.45) is 0 Å². The van der Waals surface area contributed by atoms with Gasteiger partial charge in [-0.2, -0.15) is 0 Å². The highest BCUT2D eigenvalue weighted by Gasteiger charge is 2.22. The van der Waals surface area contributed by atoms with Gasteiger partial charge in [0.05, 0.1) is 4.88 Å². The van der Waals surface area contributed by atoms with E-state index in [0.717, 1.165) is 27.4 Å². The van der Waals surface area contributed by atoms with Gasteiger partial charge in [0.15, 0.2) is 0 Å². The van der Waals surface area contributed by atoms with Crippen LogP contribution in [0.15, 0.2) is 47.4 Å². The number of fused-ring (bicyclic) bond motifs is 3. The molecule has 2 nitrogen and oxygen atoms in total. The van der Waals surface area contributed by atoms with E-state index in [1.165, 1.54) is 26.5 Å². The van der Waals surface area contributed by atoms with Crippen molar-refractivity contribution in [1.29, 1.82) is 0 Å². The molecule has 4 heteroatoms. The summed E-state index contributed by atoms with van der Waals surface area (Å²) in [6, 6.07) is 14.7. The number of aryl methyl sites for hydroxylation is 3. The lowest BCUT2D eigenvalue weighted by Crippen LogP contribution is -2.10. The molecule has 0 atom stereocenters. The molecule has 0 radical (unpaired) electrons. The quantitative estimate of drug-likeness (QED) is 0.586. The molecule has 0 saturated heterocycles. The summed E-state index contributed by atoms with van der Waals surface area (Å²) in [6.07, 6.45) is 0. The van der Waals surface area contributed by atoms with Crippen LogP contribution in [0.3, 0.4) is 0 Å². The minimum atomic E-state index is -0.0244. The number of thiophene rings is 1. The molecule has 0 saturated carbocycles. The second-order valence-corrected chi connectivity index (χ2v) is 8.65. The lowest BCUT2D eigenvalue weighted by Gasteiger charge is -2.15. The Morgan fingerprint density at radius 1 is 0.960 bits per heavy atom. The van der Waals surface area contributed by atoms with Gasteiger partial charge in [-0.3, -0.25) is 4.79 Å². The number of benzene rings is 2. The molecule has 1 aliphatic rings. The van der Waals surface area contributed by atoms with Crippen LogP contribution in [-0.2, 0) is 5.75 Å². The van der Waals surface area contributed by atoms with Crippen LogP contribution < -0.4 is 5.32 Å². The van der Waals surface area contributed by atoms with E-state index in [1.807, 2.05) is 37.7 Å². The van der Waals surface area contributed by atoms with E-state index in [9.17, 15) is 4.79 Å². The molecule has 0 bridgehead atoms. The smallest absolute Gasteiger partial charge is 0.265 e. The average molecular weight is 366 g/mol. The lowest BCUT2D eigenvalue weighted by atomic mass is 10.1. The molecular weight excluding hydrogens is 346 g/mol. The third-order valence-electron chi connectivity index (χ3n) is 4.28. The van der Waals surface area contributed by atoms with E-state index in [-0.39, 0.29) is 5.91 Å². The second-order valence-electron chi connectivity index (χ2n) is 6.58. The number of rotatable bonds is 2. The van der Waals surface area contributed by atoms with Crippen molar-refractivity contribution in [3.63, 3.8) is 0 Å². The van der Waals surface area contributed by atoms with Crippen LogP contribution in [0, 0.1) is 20.8 Å². The van der Waals surface area contributed by atoms with Crippen LogP contribution >= 0.6 is 23.1 Å². The van der Waals surface area contributed by atoms with Crippen LogP contribution in [0.2, 0.25) is 0 Å². The first-order chi connectivity index (χ1) is 12.0. The number of anilines is 1. The third kappa shape index (κ3) is 3.24. The Morgan fingerprint density at radius 2 is 1.72 bits per heavy atom. The van der Waals surface area contributed by atoms with Gasteiger partial charge < -0.3 is 5.32 Å². The van der Waals surface area contributed by atoms with Gasteiger partial charge in [0, 0.05) is 26.8 Å². The summed E-state index contributed by atoms with van der Waals surface area (Å²) in [5, 5.41) is 3.05. The first-order valence-electron chi connectivity index (χ1n) is 8.26. The Morgan fingerprint density at radius 3 is 2.48 bits per heavy atom. The summed E-state index contributed by atoms with van der Waals surface area (Å²) in [5.41, 5.74) is 6.95. The van der Waals surface area contributed by atoms with Crippen LogP contribution in [0.4, 0.5) is 5.69 Å². The molecule has 0 aliphatic carbocycles. The van der Waals surface area contributed by atoms with Crippen molar-refractivity contribution in [1.82, 2.24) is 0 Å². The van der Waals surface area contributed by atoms with Gasteiger partial charge >= 0.3 is 0 Å². The standard InChI is InChI=1S/C21H19NOS2/c1-12-4-5-18-17(9-12)20-15(11-24-18)10-19(25-20)21(23)22-16-7-13(2)6-14(3)8-16/h4-10H,11H2,1-3H3,(H,22,23). The van der Waals surface area contributed by atoms with Crippen molar-refractivity contribution < 1.29 is 4.79 Å². The Bertz CT molecular complexity index is 967. The van der Waals surface area contributed by atoms with E-state index in [1.54, 1.807) is 11.3 Å². The highest BCUT2D eigenvalue weighted by atomic mass is 32.2. The summed E-state index contributed by atoms with van der Waals surface area (Å²) in [6.45, 7) is 6.20. The van der Waals surface area contributed by atoms with Crippen LogP contribution in [-0.4, -0.2) is 5.91 Å². The molecule has 2 heterocycles. The number of carbonyl (C=O) groups excluding carboxylic acids is 1. The molecule has 126 valence electrons. The van der Waals surface area contributed by atoms with Gasteiger partial charge in [-0.05, 0) is 67.8 Å². The number of hydrogen-bond acceptors (Lipinski definition) is 3. The normalized spacial score (nSPS) is 12.4. The van der Waals surface area contributed by atoms with Crippen LogP contribution in [0.1, 0.15) is 31.9 Å². The predicted molar refractivity (Wildman–Crippen MR) is 108 cm³/mol. The first kappa shape index (κ1) is 16.4. The van der Waals surface area contributed by atoms with E-state index in [0.29, 0.717) is 0 Å². The maximum atomic E-state index is 12.7. The molecule has 1 N–H and O–H groups in total. The lowest BCUT2D eigenvalue weighted by molar-refractivity contribution is 0.103. The Kier molecular flexibility index (Phi) is 4.18. The zero-order chi connectivity index (χ0) is 17.6. The van der Waals surface area contributed by atoms with Crippen molar-refractivity contribution in [2.75, 3.05) is 5.32 Å². The summed E-state index contributed by atoms with van der Waals surface area (Å²) >= 11 is 3.45. The third-order valence-corrected chi connectivity index (χ3v) is 6.61. The summed E-state index contributed by atoms with van der Waals surface area (Å²) in [5.74, 6) is 0.905. The monoisotopic (exact) mass is 365 g/mol. The van der Waals surface area contributed by atoms with Crippen molar-refractivity contribution >= 4 is 34.7 Å². The molecule has 2 aromatic carbocycles. The Balaban J connectivity index is 1.66. The van der Waals surface area contributed by atoms with E-state index in [4.69, 9.17) is 0 Å². The summed E-state index contributed by atoms with van der Waals surface area (Å²) in [4.78, 5) is 16.0. The van der Waals surface area contributed by atoms with Crippen molar-refractivity contribution in [3.05, 3.63) is 69.6 Å². The van der Waals surface area contributed by atoms with E-state index < -0.39 is 0 Å². The van der Waals surface area contributed by atoms with Gasteiger partial charge in [-0.15, -0.1) is 23.1 Å². The Labute approximate surface area is 156 Å². The molecule has 25 heavy (non-hydrogen) atoms. The molecule has 1 aliphatic heterocycles. The highest BCUT2D eigenvalue weighted by molar-refractivity contribution is 7.98. The van der Waals surface area contributed by atoms with Crippen molar-refractivity contribution in [2.45, 2.75) is 31.4 Å². The molecule has 0 unspecified atom stereocenters. The Hall–Kier alpha value is -2.04. The largest absolute Gasteiger partial charge is 0.321 e. The number of amides is 1. The molecule has 0 spiro atoms. The first-order valence-corrected chi connectivity index (χ1v) is 10.1. The molecule has 0 fully saturated rings. The summed E-state index contributed by atoms with van der Waals surface area (Å²) in [7, 11) is 0. The minimum Gasteiger partial charge on any atom is -0.321 e. The van der Waals surface area contributed by atoms with Gasteiger partial charge in [0.1, 0.15) is 0 Å². The molecule has 1 aromatic heterocycles. The fraction of sp³-hybridized carbons (Fsp3) is 0.190. The van der Waals surface area contributed by atoms with Crippen molar-refractivity contribution in [3.8, 4) is 10.4 Å². The summed E-state index contributed by atoms with van der Waals surface area (Å²) < 4.78 is 0. The predicted octanol–water partition coefficient (Wildman–Crippen LogP) is 6.20. The number of hydrogen-bond donors (Lipinski definition) is 1. The average Bonchev–Trinajstić information content (AvgIpc) is 2.98. The number of nitrogens with one attached hydrogen (secondary N) is 1. The number of thioether (sulfide) groups is 1. The minimum absolute atomic E-state index is 0.0244. The zero-order valence-corrected chi connectivity index (χ0v) is 16.1. The maximum Gasteiger partial charge on any atom is 0.265 e. The van der Waals surface area contributed by atoms with E-state index >= 15 is 0 Å². The molecular formula is C21H19NOS2. The zero-order valence-electron chi connectivity index (χ0n) is 14.5. The highest BCUT2D eigenvalue weighted by Crippen LogP contribution is 2.46. The molecule has 3 aromatic rings. The van der Waals surface area contributed by atoms with Gasteiger partial charge in [0.25, 0.3) is 5.91 Å². The van der Waals surface area contributed by atoms with Gasteiger partial charge in [-0.1, -0.05) is 17.7 Å². The fourth-order valence-corrected chi connectivity index (χ4v) is 5.50. The maximum absolute atomic E-state index is 12.7. The fourth-order valence-electron chi connectivity index (χ4n) is 3.22. The molecule has 1 amide bonds.